The van der Waals surface area contributed by atoms with Crippen molar-refractivity contribution in [2.24, 2.45) is 0 Å². The second kappa shape index (κ2) is 11.8. The second-order valence-corrected chi connectivity index (χ2v) is 6.75. The van der Waals surface area contributed by atoms with Crippen LogP contribution < -0.4 is 0 Å². The molecular weight excluding hydrogens is 273 g/mol. The Hall–Kier alpha value is -0.0100. The Morgan fingerprint density at radius 2 is 1.63 bits per heavy atom. The maximum atomic E-state index is 11.2. The molecule has 0 aliphatic rings. The lowest BCUT2D eigenvalue weighted by Crippen LogP contribution is -2.37. The van der Waals surface area contributed by atoms with E-state index in [0.717, 1.165) is 11.0 Å². The molecule has 0 aromatic heterocycles. The van der Waals surface area contributed by atoms with Crippen LogP contribution in [-0.4, -0.2) is 90.8 Å². The highest BCUT2D eigenvalue weighted by Gasteiger charge is 2.11. The van der Waals surface area contributed by atoms with Crippen molar-refractivity contribution >= 4 is 8.03 Å². The van der Waals surface area contributed by atoms with Crippen molar-refractivity contribution in [2.45, 2.75) is 19.1 Å². The van der Waals surface area contributed by atoms with E-state index >= 15 is 0 Å². The van der Waals surface area contributed by atoms with Crippen LogP contribution in [0.3, 0.4) is 0 Å². The molecule has 0 aromatic rings. The summed E-state index contributed by atoms with van der Waals surface area (Å²) in [5.41, 5.74) is 0. The lowest BCUT2D eigenvalue weighted by molar-refractivity contribution is -0.870. The van der Waals surface area contributed by atoms with Gasteiger partial charge in [0.2, 0.25) is 0 Å². The van der Waals surface area contributed by atoms with Crippen LogP contribution in [0, 0.1) is 0 Å². The standard InChI is InChI=1S/C8H21NO4P.C3H8O2/c1-9(2,3)4-5-13-14(12)7-8(11)6-10;1-3(5)2-4/h8,10-11,14H,4-7H2,1-3H3;3-5H,2H2,1H3/q+1;. The SMILES string of the molecule is CC(O)CO.C[N+](C)(C)CCO[PH](=O)CC(O)CO. The van der Waals surface area contributed by atoms with Gasteiger partial charge in [0.25, 0.3) is 0 Å². The van der Waals surface area contributed by atoms with E-state index < -0.39 is 20.2 Å². The Kier molecular flexibility index (Phi) is 13.2. The van der Waals surface area contributed by atoms with E-state index in [1.807, 2.05) is 21.1 Å². The second-order valence-electron chi connectivity index (χ2n) is 5.31. The number of quaternary nitrogens is 1. The molecule has 0 spiro atoms. The van der Waals surface area contributed by atoms with Crippen LogP contribution in [0.2, 0.25) is 0 Å². The summed E-state index contributed by atoms with van der Waals surface area (Å²) in [6.07, 6.45) is -1.45. The average Bonchev–Trinajstić information content (AvgIpc) is 2.27. The van der Waals surface area contributed by atoms with E-state index in [0.29, 0.717) is 6.61 Å². The van der Waals surface area contributed by atoms with Gasteiger partial charge in [-0.25, -0.2) is 0 Å². The molecule has 0 aromatic carbocycles. The number of nitrogens with zero attached hydrogens (tertiary/aromatic N) is 1. The summed E-state index contributed by atoms with van der Waals surface area (Å²) < 4.78 is 17.0. The average molecular weight is 302 g/mol. The van der Waals surface area contributed by atoms with Crippen LogP contribution in [0.15, 0.2) is 0 Å². The summed E-state index contributed by atoms with van der Waals surface area (Å²) in [6.45, 7) is 2.21. The van der Waals surface area contributed by atoms with E-state index in [-0.39, 0.29) is 19.4 Å². The number of likely N-dealkylation sites (N-methyl/N-ethyl adjacent to an activating group) is 1. The molecule has 0 rings (SSSR count). The Labute approximate surface area is 115 Å². The maximum absolute atomic E-state index is 11.2. The van der Waals surface area contributed by atoms with Crippen molar-refractivity contribution < 1.29 is 34.0 Å². The molecule has 0 amide bonds. The van der Waals surface area contributed by atoms with Crippen LogP contribution in [0.5, 0.6) is 0 Å². The zero-order chi connectivity index (χ0) is 15.5. The van der Waals surface area contributed by atoms with Gasteiger partial charge >= 0.3 is 0 Å². The van der Waals surface area contributed by atoms with Crippen molar-refractivity contribution in [1.82, 2.24) is 0 Å². The minimum atomic E-state index is -2.19. The Balaban J connectivity index is 0. The van der Waals surface area contributed by atoms with Gasteiger partial charge in [-0.15, -0.1) is 0 Å². The molecular formula is C11H29NO6P+. The molecule has 4 N–H and O–H groups in total. The van der Waals surface area contributed by atoms with Gasteiger partial charge in [0.05, 0.1) is 52.7 Å². The van der Waals surface area contributed by atoms with Crippen LogP contribution in [0.25, 0.3) is 0 Å². The molecule has 118 valence electrons. The fourth-order valence-electron chi connectivity index (χ4n) is 0.749. The van der Waals surface area contributed by atoms with E-state index in [1.54, 1.807) is 0 Å². The van der Waals surface area contributed by atoms with Gasteiger partial charge in [0.1, 0.15) is 13.2 Å². The summed E-state index contributed by atoms with van der Waals surface area (Å²) in [7, 11) is 3.86. The number of rotatable bonds is 8. The highest BCUT2D eigenvalue weighted by Crippen LogP contribution is 2.22. The first-order valence-corrected chi connectivity index (χ1v) is 7.68. The van der Waals surface area contributed by atoms with Gasteiger partial charge in [-0.1, -0.05) is 0 Å². The van der Waals surface area contributed by atoms with Crippen LogP contribution in [0.1, 0.15) is 6.92 Å². The molecule has 0 radical (unpaired) electrons. The molecule has 0 saturated carbocycles. The van der Waals surface area contributed by atoms with E-state index in [9.17, 15) is 4.57 Å². The third kappa shape index (κ3) is 20.5. The van der Waals surface area contributed by atoms with E-state index in [1.165, 1.54) is 6.92 Å². The summed E-state index contributed by atoms with van der Waals surface area (Å²) in [5.74, 6) is 0. The third-order valence-electron chi connectivity index (χ3n) is 1.90. The summed E-state index contributed by atoms with van der Waals surface area (Å²) in [5, 5.41) is 33.5. The van der Waals surface area contributed by atoms with E-state index in [2.05, 4.69) is 0 Å². The predicted molar refractivity (Wildman–Crippen MR) is 74.6 cm³/mol. The van der Waals surface area contributed by atoms with Gasteiger partial charge in [-0.3, -0.25) is 4.57 Å². The first kappa shape index (κ1) is 21.3. The molecule has 0 aliphatic carbocycles. The van der Waals surface area contributed by atoms with Crippen molar-refractivity contribution in [3.63, 3.8) is 0 Å². The highest BCUT2D eigenvalue weighted by molar-refractivity contribution is 7.39. The largest absolute Gasteiger partial charge is 0.394 e. The van der Waals surface area contributed by atoms with Crippen LogP contribution in [-0.2, 0) is 9.09 Å². The normalized spacial score (nSPS) is 16.2. The van der Waals surface area contributed by atoms with Gasteiger partial charge in [0.15, 0.2) is 8.03 Å². The quantitative estimate of drug-likeness (QED) is 0.335. The highest BCUT2D eigenvalue weighted by atomic mass is 31.1. The van der Waals surface area contributed by atoms with Gasteiger partial charge in [-0.2, -0.15) is 0 Å². The van der Waals surface area contributed by atoms with Crippen LogP contribution in [0.4, 0.5) is 0 Å². The molecule has 19 heavy (non-hydrogen) atoms. The lowest BCUT2D eigenvalue weighted by atomic mass is 10.4. The third-order valence-corrected chi connectivity index (χ3v) is 3.23. The molecule has 7 nitrogen and oxygen atoms in total. The predicted octanol–water partition coefficient (Wildman–Crippen LogP) is -1.10. The number of aliphatic hydroxyl groups is 4. The number of hydrogen-bond acceptors (Lipinski definition) is 6. The maximum Gasteiger partial charge on any atom is 0.194 e. The summed E-state index contributed by atoms with van der Waals surface area (Å²) >= 11 is 0. The zero-order valence-corrected chi connectivity index (χ0v) is 13.2. The minimum absolute atomic E-state index is 0.0400. The number of aliphatic hydroxyl groups excluding tert-OH is 4. The monoisotopic (exact) mass is 302 g/mol. The minimum Gasteiger partial charge on any atom is -0.394 e. The number of hydrogen-bond donors (Lipinski definition) is 4. The first-order chi connectivity index (χ1) is 8.62. The molecule has 0 saturated heterocycles. The fraction of sp³-hybridized carbons (Fsp3) is 1.00. The Morgan fingerprint density at radius 1 is 1.16 bits per heavy atom. The van der Waals surface area contributed by atoms with Crippen molar-refractivity contribution in [3.8, 4) is 0 Å². The molecule has 8 heteroatoms. The summed E-state index contributed by atoms with van der Waals surface area (Å²) in [4.78, 5) is 0. The van der Waals surface area contributed by atoms with Gasteiger partial charge < -0.3 is 29.4 Å². The zero-order valence-electron chi connectivity index (χ0n) is 12.2. The van der Waals surface area contributed by atoms with Crippen molar-refractivity contribution in [3.05, 3.63) is 0 Å². The van der Waals surface area contributed by atoms with Crippen molar-refractivity contribution in [1.29, 1.82) is 0 Å². The molecule has 0 aliphatic heterocycles. The Morgan fingerprint density at radius 3 is 1.95 bits per heavy atom. The van der Waals surface area contributed by atoms with Gasteiger partial charge in [0, 0.05) is 0 Å². The fourth-order valence-corrected chi connectivity index (χ4v) is 1.70. The molecule has 0 bridgehead atoms. The molecule has 0 fully saturated rings. The Bertz CT molecular complexity index is 232. The smallest absolute Gasteiger partial charge is 0.194 e. The topological polar surface area (TPSA) is 107 Å². The first-order valence-electron chi connectivity index (χ1n) is 6.16. The molecule has 0 heterocycles. The summed E-state index contributed by atoms with van der Waals surface area (Å²) in [6, 6.07) is 0. The van der Waals surface area contributed by atoms with Crippen molar-refractivity contribution in [2.75, 3.05) is 53.7 Å². The van der Waals surface area contributed by atoms with Gasteiger partial charge in [-0.05, 0) is 6.92 Å². The lowest BCUT2D eigenvalue weighted by Gasteiger charge is -2.23. The molecule has 3 unspecified atom stereocenters. The molecule has 3 atom stereocenters. The van der Waals surface area contributed by atoms with E-state index in [4.69, 9.17) is 24.9 Å². The van der Waals surface area contributed by atoms with Crippen LogP contribution >= 0.6 is 8.03 Å².